The molecular formula is C20H25N3O2. The molecule has 2 aromatic rings. The van der Waals surface area contributed by atoms with Crippen LogP contribution in [0.4, 0.5) is 4.79 Å². The van der Waals surface area contributed by atoms with Gasteiger partial charge in [-0.3, -0.25) is 4.79 Å². The third-order valence-corrected chi connectivity index (χ3v) is 4.05. The van der Waals surface area contributed by atoms with Gasteiger partial charge in [0.15, 0.2) is 0 Å². The molecule has 5 nitrogen and oxygen atoms in total. The number of hydrogen-bond acceptors (Lipinski definition) is 2. The molecule has 2 atom stereocenters. The molecule has 0 radical (unpaired) electrons. The second-order valence-electron chi connectivity index (χ2n) is 6.38. The van der Waals surface area contributed by atoms with Crippen LogP contribution in [0, 0.1) is 5.92 Å². The minimum absolute atomic E-state index is 0.0845. The molecule has 0 aliphatic rings. The number of hydrogen-bond donors (Lipinski definition) is 3. The number of carbonyl (C=O) groups excluding carboxylic acids is 2. The highest BCUT2D eigenvalue weighted by Crippen LogP contribution is 2.23. The molecule has 0 spiro atoms. The van der Waals surface area contributed by atoms with Crippen molar-refractivity contribution in [2.24, 2.45) is 11.7 Å². The van der Waals surface area contributed by atoms with Crippen molar-refractivity contribution in [3.8, 4) is 0 Å². The van der Waals surface area contributed by atoms with Crippen LogP contribution in [0.5, 0.6) is 0 Å². The molecule has 4 N–H and O–H groups in total. The van der Waals surface area contributed by atoms with E-state index in [1.807, 2.05) is 60.7 Å². The fourth-order valence-electron chi connectivity index (χ4n) is 2.82. The predicted molar refractivity (Wildman–Crippen MR) is 98.7 cm³/mol. The molecule has 5 heteroatoms. The Bertz CT molecular complexity index is 687. The zero-order chi connectivity index (χ0) is 18.2. The lowest BCUT2D eigenvalue weighted by molar-refractivity contribution is -0.122. The van der Waals surface area contributed by atoms with Gasteiger partial charge in [-0.1, -0.05) is 74.5 Å². The molecule has 0 bridgehead atoms. The number of benzene rings is 2. The summed E-state index contributed by atoms with van der Waals surface area (Å²) in [5, 5.41) is 5.72. The van der Waals surface area contributed by atoms with Gasteiger partial charge in [-0.15, -0.1) is 0 Å². The van der Waals surface area contributed by atoms with E-state index in [1.165, 1.54) is 0 Å². The first-order valence-corrected chi connectivity index (χ1v) is 8.42. The van der Waals surface area contributed by atoms with Crippen LogP contribution in [0.15, 0.2) is 60.7 Å². The Morgan fingerprint density at radius 3 is 1.88 bits per heavy atom. The zero-order valence-corrected chi connectivity index (χ0v) is 14.6. The van der Waals surface area contributed by atoms with Crippen molar-refractivity contribution in [2.45, 2.75) is 32.4 Å². The second kappa shape index (κ2) is 8.87. The van der Waals surface area contributed by atoms with Crippen molar-refractivity contribution in [1.29, 1.82) is 0 Å². The molecule has 0 fully saturated rings. The largest absolute Gasteiger partial charge is 0.352 e. The average Bonchev–Trinajstić information content (AvgIpc) is 2.60. The van der Waals surface area contributed by atoms with Crippen LogP contribution in [0.3, 0.4) is 0 Å². The molecule has 2 aromatic carbocycles. The van der Waals surface area contributed by atoms with E-state index in [-0.39, 0.29) is 24.3 Å². The second-order valence-corrected chi connectivity index (χ2v) is 6.38. The summed E-state index contributed by atoms with van der Waals surface area (Å²) in [5.74, 6) is 0.107. The number of amides is 3. The van der Waals surface area contributed by atoms with Crippen molar-refractivity contribution >= 4 is 11.9 Å². The molecule has 0 unspecified atom stereocenters. The number of primary amides is 1. The number of rotatable bonds is 7. The molecule has 3 amide bonds. The van der Waals surface area contributed by atoms with Gasteiger partial charge in [-0.2, -0.15) is 0 Å². The first kappa shape index (κ1) is 18.5. The Morgan fingerprint density at radius 2 is 1.40 bits per heavy atom. The summed E-state index contributed by atoms with van der Waals surface area (Å²) in [6.45, 7) is 4.13. The third-order valence-electron chi connectivity index (χ3n) is 4.05. The van der Waals surface area contributed by atoms with Gasteiger partial charge in [0.2, 0.25) is 5.91 Å². The molecule has 0 heterocycles. The van der Waals surface area contributed by atoms with Gasteiger partial charge in [-0.25, -0.2) is 4.79 Å². The van der Waals surface area contributed by atoms with Crippen molar-refractivity contribution in [2.75, 3.05) is 0 Å². The fourth-order valence-corrected chi connectivity index (χ4v) is 2.82. The highest BCUT2D eigenvalue weighted by atomic mass is 16.2. The number of urea groups is 1. The zero-order valence-electron chi connectivity index (χ0n) is 14.6. The SMILES string of the molecule is CC(C)[C@H](NC(=O)C[C@H](NC(N)=O)c1ccccc1)c1ccccc1. The van der Waals surface area contributed by atoms with Gasteiger partial charge < -0.3 is 16.4 Å². The summed E-state index contributed by atoms with van der Waals surface area (Å²) in [6.07, 6.45) is 0.128. The molecule has 0 saturated heterocycles. The van der Waals surface area contributed by atoms with Crippen LogP contribution < -0.4 is 16.4 Å². The van der Waals surface area contributed by atoms with Crippen LogP contribution in [0.2, 0.25) is 0 Å². The van der Waals surface area contributed by atoms with Gasteiger partial charge in [0.1, 0.15) is 0 Å². The Kier molecular flexibility index (Phi) is 6.57. The Hall–Kier alpha value is -2.82. The lowest BCUT2D eigenvalue weighted by Crippen LogP contribution is -2.38. The van der Waals surface area contributed by atoms with E-state index in [0.29, 0.717) is 0 Å². The van der Waals surface area contributed by atoms with E-state index < -0.39 is 12.1 Å². The molecule has 0 aliphatic carbocycles. The minimum Gasteiger partial charge on any atom is -0.352 e. The lowest BCUT2D eigenvalue weighted by Gasteiger charge is -2.25. The lowest BCUT2D eigenvalue weighted by atomic mass is 9.95. The predicted octanol–water partition coefficient (Wildman–Crippen LogP) is 3.30. The highest BCUT2D eigenvalue weighted by Gasteiger charge is 2.22. The molecule has 2 rings (SSSR count). The van der Waals surface area contributed by atoms with E-state index in [4.69, 9.17) is 5.73 Å². The summed E-state index contributed by atoms with van der Waals surface area (Å²) in [6, 6.07) is 18.0. The summed E-state index contributed by atoms with van der Waals surface area (Å²) >= 11 is 0. The monoisotopic (exact) mass is 339 g/mol. The Labute approximate surface area is 148 Å². The summed E-state index contributed by atoms with van der Waals surface area (Å²) < 4.78 is 0. The maximum atomic E-state index is 12.6. The average molecular weight is 339 g/mol. The number of nitrogens with two attached hydrogens (primary N) is 1. The van der Waals surface area contributed by atoms with Crippen LogP contribution in [-0.2, 0) is 4.79 Å². The van der Waals surface area contributed by atoms with Gasteiger partial charge >= 0.3 is 6.03 Å². The Morgan fingerprint density at radius 1 is 0.880 bits per heavy atom. The van der Waals surface area contributed by atoms with Crippen LogP contribution in [0.25, 0.3) is 0 Å². The Balaban J connectivity index is 2.10. The van der Waals surface area contributed by atoms with E-state index >= 15 is 0 Å². The maximum absolute atomic E-state index is 12.6. The summed E-state index contributed by atoms with van der Waals surface area (Å²) in [5.41, 5.74) is 7.17. The van der Waals surface area contributed by atoms with E-state index in [1.54, 1.807) is 0 Å². The van der Waals surface area contributed by atoms with Crippen molar-refractivity contribution in [3.63, 3.8) is 0 Å². The topological polar surface area (TPSA) is 84.2 Å². The first-order valence-electron chi connectivity index (χ1n) is 8.42. The van der Waals surface area contributed by atoms with Crippen molar-refractivity contribution in [1.82, 2.24) is 10.6 Å². The molecule has 0 aromatic heterocycles. The van der Waals surface area contributed by atoms with Crippen molar-refractivity contribution < 1.29 is 9.59 Å². The molecule has 132 valence electrons. The van der Waals surface area contributed by atoms with Crippen LogP contribution in [0.1, 0.15) is 43.5 Å². The quantitative estimate of drug-likeness (QED) is 0.723. The minimum atomic E-state index is -0.648. The normalized spacial score (nSPS) is 13.1. The van der Waals surface area contributed by atoms with E-state index in [0.717, 1.165) is 11.1 Å². The fraction of sp³-hybridized carbons (Fsp3) is 0.300. The van der Waals surface area contributed by atoms with Crippen molar-refractivity contribution in [3.05, 3.63) is 71.8 Å². The van der Waals surface area contributed by atoms with E-state index in [9.17, 15) is 9.59 Å². The highest BCUT2D eigenvalue weighted by molar-refractivity contribution is 5.79. The van der Waals surface area contributed by atoms with Gasteiger partial charge in [0.25, 0.3) is 0 Å². The standard InChI is InChI=1S/C20H25N3O2/c1-14(2)19(16-11-7-4-8-12-16)23-18(24)13-17(22-20(21)25)15-9-5-3-6-10-15/h3-12,14,17,19H,13H2,1-2H3,(H,23,24)(H3,21,22,25)/t17-,19-/m0/s1. The molecule has 0 saturated carbocycles. The smallest absolute Gasteiger partial charge is 0.312 e. The molecule has 0 aliphatic heterocycles. The number of nitrogens with one attached hydrogen (secondary N) is 2. The first-order chi connectivity index (χ1) is 12.0. The molecular weight excluding hydrogens is 314 g/mol. The van der Waals surface area contributed by atoms with E-state index in [2.05, 4.69) is 24.5 Å². The van der Waals surface area contributed by atoms with Gasteiger partial charge in [0.05, 0.1) is 18.5 Å². The van der Waals surface area contributed by atoms with Gasteiger partial charge in [-0.05, 0) is 17.0 Å². The summed E-state index contributed by atoms with van der Waals surface area (Å²) in [7, 11) is 0. The van der Waals surface area contributed by atoms with Crippen LogP contribution in [-0.4, -0.2) is 11.9 Å². The maximum Gasteiger partial charge on any atom is 0.312 e. The van der Waals surface area contributed by atoms with Gasteiger partial charge in [0, 0.05) is 0 Å². The van der Waals surface area contributed by atoms with Crippen LogP contribution >= 0.6 is 0 Å². The summed E-state index contributed by atoms with van der Waals surface area (Å²) in [4.78, 5) is 23.9. The third kappa shape index (κ3) is 5.64. The molecule has 25 heavy (non-hydrogen) atoms. The number of carbonyl (C=O) groups is 2.